The number of nitrogens with one attached hydrogen (secondary N) is 1. The molecule has 1 rings (SSSR count). The van der Waals surface area contributed by atoms with Crippen LogP contribution in [0.25, 0.3) is 0 Å². The maximum absolute atomic E-state index is 12.1. The molecule has 0 spiro atoms. The summed E-state index contributed by atoms with van der Waals surface area (Å²) in [5.41, 5.74) is 0.466. The number of carbonyl (C=O) groups is 2. The van der Waals surface area contributed by atoms with Crippen LogP contribution < -0.4 is 5.32 Å². The van der Waals surface area contributed by atoms with Crippen LogP contribution in [0.1, 0.15) is 23.7 Å². The van der Waals surface area contributed by atoms with E-state index in [0.29, 0.717) is 12.0 Å². The number of hydrogen-bond acceptors (Lipinski definition) is 4. The minimum Gasteiger partial charge on any atom is -0.481 e. The van der Waals surface area contributed by atoms with Crippen molar-refractivity contribution >= 4 is 23.6 Å². The van der Waals surface area contributed by atoms with Crippen LogP contribution in [0, 0.1) is 17.2 Å². The van der Waals surface area contributed by atoms with Crippen LogP contribution >= 0.6 is 11.8 Å². The van der Waals surface area contributed by atoms with E-state index in [9.17, 15) is 9.59 Å². The van der Waals surface area contributed by atoms with Gasteiger partial charge in [0.1, 0.15) is 0 Å². The summed E-state index contributed by atoms with van der Waals surface area (Å²) in [5, 5.41) is 20.2. The summed E-state index contributed by atoms with van der Waals surface area (Å²) in [4.78, 5) is 23.7. The van der Waals surface area contributed by atoms with E-state index >= 15 is 0 Å². The van der Waals surface area contributed by atoms with Crippen molar-refractivity contribution in [3.05, 3.63) is 29.8 Å². The van der Waals surface area contributed by atoms with Crippen LogP contribution in [0.5, 0.6) is 0 Å². The summed E-state index contributed by atoms with van der Waals surface area (Å²) < 4.78 is 0. The first-order chi connectivity index (χ1) is 9.60. The molecule has 20 heavy (non-hydrogen) atoms. The first-order valence-electron chi connectivity index (χ1n) is 6.19. The van der Waals surface area contributed by atoms with Crippen molar-refractivity contribution in [3.63, 3.8) is 0 Å². The molecule has 0 saturated carbocycles. The van der Waals surface area contributed by atoms with Crippen molar-refractivity contribution < 1.29 is 14.7 Å². The molecule has 1 aromatic carbocycles. The highest BCUT2D eigenvalue weighted by Crippen LogP contribution is 2.22. The fourth-order valence-corrected chi connectivity index (χ4v) is 2.32. The lowest BCUT2D eigenvalue weighted by atomic mass is 10.1. The van der Waals surface area contributed by atoms with E-state index in [2.05, 4.69) is 5.32 Å². The molecule has 0 fully saturated rings. The number of amides is 1. The maximum Gasteiger partial charge on any atom is 0.308 e. The summed E-state index contributed by atoms with van der Waals surface area (Å²) >= 11 is 1.28. The summed E-state index contributed by atoms with van der Waals surface area (Å²) in [7, 11) is 0. The Balaban J connectivity index is 2.72. The molecule has 0 aliphatic carbocycles. The van der Waals surface area contributed by atoms with Gasteiger partial charge in [-0.15, -0.1) is 11.8 Å². The third kappa shape index (κ3) is 4.59. The Labute approximate surface area is 122 Å². The SMILES string of the molecule is CCC(CNC(=O)c1ccccc1SCC#N)C(=O)O. The van der Waals surface area contributed by atoms with Gasteiger partial charge >= 0.3 is 5.97 Å². The number of carboxylic acid groups (broad SMARTS) is 1. The molecular formula is C14H16N2O3S. The van der Waals surface area contributed by atoms with Crippen molar-refractivity contribution in [1.29, 1.82) is 5.26 Å². The Morgan fingerprint density at radius 3 is 2.75 bits per heavy atom. The van der Waals surface area contributed by atoms with Gasteiger partial charge < -0.3 is 10.4 Å². The number of hydrogen-bond donors (Lipinski definition) is 2. The molecule has 0 aliphatic heterocycles. The third-order valence-electron chi connectivity index (χ3n) is 2.77. The van der Waals surface area contributed by atoms with Crippen LogP contribution in [-0.4, -0.2) is 29.3 Å². The second-order valence-corrected chi connectivity index (χ2v) is 5.11. The topological polar surface area (TPSA) is 90.2 Å². The fourth-order valence-electron chi connectivity index (χ4n) is 1.61. The first-order valence-corrected chi connectivity index (χ1v) is 7.18. The molecule has 1 atom stereocenters. The number of nitrogens with zero attached hydrogens (tertiary/aromatic N) is 1. The molecule has 0 saturated heterocycles. The minimum atomic E-state index is -0.917. The Morgan fingerprint density at radius 1 is 1.45 bits per heavy atom. The zero-order chi connectivity index (χ0) is 15.0. The number of aliphatic carboxylic acids is 1. The smallest absolute Gasteiger partial charge is 0.308 e. The fraction of sp³-hybridized carbons (Fsp3) is 0.357. The van der Waals surface area contributed by atoms with Crippen molar-refractivity contribution in [2.75, 3.05) is 12.3 Å². The van der Waals surface area contributed by atoms with Crippen LogP contribution in [0.3, 0.4) is 0 Å². The van der Waals surface area contributed by atoms with Crippen LogP contribution in [0.4, 0.5) is 0 Å². The second kappa shape index (κ2) is 8.23. The lowest BCUT2D eigenvalue weighted by Gasteiger charge is -2.12. The Hall–Kier alpha value is -2.00. The molecule has 2 N–H and O–H groups in total. The molecule has 6 heteroatoms. The average molecular weight is 292 g/mol. The predicted octanol–water partition coefficient (Wildman–Crippen LogP) is 2.14. The second-order valence-electron chi connectivity index (χ2n) is 4.10. The van der Waals surface area contributed by atoms with Gasteiger partial charge in [-0.05, 0) is 18.6 Å². The van der Waals surface area contributed by atoms with Crippen molar-refractivity contribution in [2.45, 2.75) is 18.2 Å². The summed E-state index contributed by atoms with van der Waals surface area (Å²) in [6.45, 7) is 1.86. The van der Waals surface area contributed by atoms with Gasteiger partial charge in [-0.25, -0.2) is 0 Å². The zero-order valence-corrected chi connectivity index (χ0v) is 11.9. The molecule has 0 aliphatic rings. The molecule has 0 aromatic heterocycles. The van der Waals surface area contributed by atoms with E-state index in [1.54, 1.807) is 31.2 Å². The number of thioether (sulfide) groups is 1. The molecule has 5 nitrogen and oxygen atoms in total. The highest BCUT2D eigenvalue weighted by Gasteiger charge is 2.17. The summed E-state index contributed by atoms with van der Waals surface area (Å²) in [6.07, 6.45) is 0.459. The number of rotatable bonds is 7. The maximum atomic E-state index is 12.1. The van der Waals surface area contributed by atoms with E-state index in [1.165, 1.54) is 11.8 Å². The lowest BCUT2D eigenvalue weighted by Crippen LogP contribution is -2.32. The van der Waals surface area contributed by atoms with Gasteiger partial charge in [0.05, 0.1) is 23.3 Å². The highest BCUT2D eigenvalue weighted by molar-refractivity contribution is 7.99. The number of nitriles is 1. The van der Waals surface area contributed by atoms with E-state index < -0.39 is 11.9 Å². The molecule has 0 radical (unpaired) electrons. The van der Waals surface area contributed by atoms with Crippen LogP contribution in [-0.2, 0) is 4.79 Å². The predicted molar refractivity (Wildman–Crippen MR) is 76.5 cm³/mol. The Morgan fingerprint density at radius 2 is 2.15 bits per heavy atom. The zero-order valence-electron chi connectivity index (χ0n) is 11.1. The summed E-state index contributed by atoms with van der Waals surface area (Å²) in [5.74, 6) is -1.56. The van der Waals surface area contributed by atoms with Crippen molar-refractivity contribution in [3.8, 4) is 6.07 Å². The minimum absolute atomic E-state index is 0.0991. The summed E-state index contributed by atoms with van der Waals surface area (Å²) in [6, 6.07) is 8.97. The monoisotopic (exact) mass is 292 g/mol. The Kier molecular flexibility index (Phi) is 6.60. The van der Waals surface area contributed by atoms with E-state index in [1.807, 2.05) is 6.07 Å². The van der Waals surface area contributed by atoms with Gasteiger partial charge in [0.25, 0.3) is 5.91 Å². The van der Waals surface area contributed by atoms with Crippen LogP contribution in [0.2, 0.25) is 0 Å². The van der Waals surface area contributed by atoms with Gasteiger partial charge in [-0.1, -0.05) is 19.1 Å². The van der Waals surface area contributed by atoms with Gasteiger partial charge in [0.2, 0.25) is 0 Å². The number of carbonyl (C=O) groups excluding carboxylic acids is 1. The lowest BCUT2D eigenvalue weighted by molar-refractivity contribution is -0.141. The molecular weight excluding hydrogens is 276 g/mol. The van der Waals surface area contributed by atoms with Gasteiger partial charge in [-0.3, -0.25) is 9.59 Å². The highest BCUT2D eigenvalue weighted by atomic mass is 32.2. The van der Waals surface area contributed by atoms with Crippen LogP contribution in [0.15, 0.2) is 29.2 Å². The molecule has 1 aromatic rings. The molecule has 0 heterocycles. The first kappa shape index (κ1) is 16.1. The standard InChI is InChI=1S/C14H16N2O3S/c1-2-10(14(18)19)9-16-13(17)11-5-3-4-6-12(11)20-8-7-15/h3-6,10H,2,8-9H2,1H3,(H,16,17)(H,18,19). The number of benzene rings is 1. The van der Waals surface area contributed by atoms with Crippen molar-refractivity contribution in [1.82, 2.24) is 5.32 Å². The van der Waals surface area contributed by atoms with Gasteiger partial charge in [0, 0.05) is 11.4 Å². The van der Waals surface area contributed by atoms with E-state index in [-0.39, 0.29) is 18.2 Å². The largest absolute Gasteiger partial charge is 0.481 e. The molecule has 0 bridgehead atoms. The molecule has 1 unspecified atom stereocenters. The number of carboxylic acids is 1. The average Bonchev–Trinajstić information content (AvgIpc) is 2.45. The third-order valence-corrected chi connectivity index (χ3v) is 3.72. The van der Waals surface area contributed by atoms with E-state index in [4.69, 9.17) is 10.4 Å². The van der Waals surface area contributed by atoms with E-state index in [0.717, 1.165) is 4.90 Å². The molecule has 106 valence electrons. The van der Waals surface area contributed by atoms with Gasteiger partial charge in [-0.2, -0.15) is 5.26 Å². The Bertz CT molecular complexity index is 525. The van der Waals surface area contributed by atoms with Crippen molar-refractivity contribution in [2.24, 2.45) is 5.92 Å². The molecule has 1 amide bonds. The van der Waals surface area contributed by atoms with Gasteiger partial charge in [0.15, 0.2) is 0 Å². The quantitative estimate of drug-likeness (QED) is 0.751. The normalized spacial score (nSPS) is 11.4.